The first kappa shape index (κ1) is 19.8. The Kier molecular flexibility index (Phi) is 5.31. The van der Waals surface area contributed by atoms with Crippen LogP contribution in [-0.2, 0) is 6.42 Å². The van der Waals surface area contributed by atoms with E-state index in [2.05, 4.69) is 5.32 Å². The molecule has 8 heteroatoms. The van der Waals surface area contributed by atoms with Gasteiger partial charge in [-0.25, -0.2) is 4.68 Å². The van der Waals surface area contributed by atoms with Gasteiger partial charge in [-0.3, -0.25) is 10.1 Å². The quantitative estimate of drug-likeness (QED) is 0.493. The maximum absolute atomic E-state index is 11.4. The molecule has 1 aliphatic heterocycles. The van der Waals surface area contributed by atoms with E-state index in [1.807, 2.05) is 25.1 Å². The number of benzene rings is 2. The molecule has 156 valence electrons. The predicted octanol–water partition coefficient (Wildman–Crippen LogP) is 4.52. The summed E-state index contributed by atoms with van der Waals surface area (Å²) >= 11 is 0. The summed E-state index contributed by atoms with van der Waals surface area (Å²) in [5.74, 6) is 2.20. The lowest BCUT2D eigenvalue weighted by Gasteiger charge is -2.12. The summed E-state index contributed by atoms with van der Waals surface area (Å²) < 4.78 is 13.0. The maximum atomic E-state index is 11.4. The van der Waals surface area contributed by atoms with Gasteiger partial charge in [0.2, 0.25) is 0 Å². The summed E-state index contributed by atoms with van der Waals surface area (Å²) in [7, 11) is 3.24. The number of aryl methyl sites for hydroxylation is 1. The third-order valence-electron chi connectivity index (χ3n) is 5.43. The summed E-state index contributed by atoms with van der Waals surface area (Å²) in [6, 6.07) is 10.5. The number of aromatic nitrogens is 2. The van der Waals surface area contributed by atoms with Crippen molar-refractivity contribution in [2.24, 2.45) is 0 Å². The fraction of sp³-hybridized carbons (Fsp3) is 0.318. The van der Waals surface area contributed by atoms with E-state index in [1.54, 1.807) is 31.0 Å². The summed E-state index contributed by atoms with van der Waals surface area (Å²) in [6.45, 7) is 2.74. The lowest BCUT2D eigenvalue weighted by molar-refractivity contribution is -0.384. The standard InChI is InChI=1S/C22H24N4O4/c1-14-10-11-15(26(27)28)13-17(14)25-22-16(7-4-5-12-23-22)21(24-25)20-18(29-2)8-6-9-19(20)30-3/h6,8-11,13,23H,4-5,7,12H2,1-3H3. The van der Waals surface area contributed by atoms with Crippen molar-refractivity contribution in [3.05, 3.63) is 57.6 Å². The molecule has 2 aromatic carbocycles. The van der Waals surface area contributed by atoms with Gasteiger partial charge in [-0.15, -0.1) is 0 Å². The molecule has 1 N–H and O–H groups in total. The van der Waals surface area contributed by atoms with Crippen LogP contribution in [-0.4, -0.2) is 35.5 Å². The number of nitro benzene ring substituents is 1. The Balaban J connectivity index is 2.00. The van der Waals surface area contributed by atoms with E-state index < -0.39 is 0 Å². The van der Waals surface area contributed by atoms with Gasteiger partial charge in [-0.2, -0.15) is 5.10 Å². The van der Waals surface area contributed by atoms with E-state index >= 15 is 0 Å². The minimum atomic E-state index is -0.386. The van der Waals surface area contributed by atoms with Crippen LogP contribution in [0.5, 0.6) is 11.5 Å². The maximum Gasteiger partial charge on any atom is 0.271 e. The molecule has 3 aromatic rings. The number of nitrogens with zero attached hydrogens (tertiary/aromatic N) is 3. The average molecular weight is 408 g/mol. The van der Waals surface area contributed by atoms with Gasteiger partial charge in [0, 0.05) is 24.2 Å². The van der Waals surface area contributed by atoms with Crippen molar-refractivity contribution in [2.45, 2.75) is 26.2 Å². The zero-order valence-electron chi connectivity index (χ0n) is 17.3. The monoisotopic (exact) mass is 408 g/mol. The van der Waals surface area contributed by atoms with Gasteiger partial charge >= 0.3 is 0 Å². The highest BCUT2D eigenvalue weighted by Crippen LogP contribution is 2.43. The molecule has 8 nitrogen and oxygen atoms in total. The van der Waals surface area contributed by atoms with Crippen LogP contribution >= 0.6 is 0 Å². The molecule has 2 heterocycles. The van der Waals surface area contributed by atoms with Crippen LogP contribution in [0.2, 0.25) is 0 Å². The predicted molar refractivity (Wildman–Crippen MR) is 115 cm³/mol. The van der Waals surface area contributed by atoms with E-state index in [9.17, 15) is 10.1 Å². The van der Waals surface area contributed by atoms with E-state index in [0.717, 1.165) is 54.0 Å². The average Bonchev–Trinajstić information content (AvgIpc) is 2.93. The Morgan fingerprint density at radius 1 is 1.13 bits per heavy atom. The van der Waals surface area contributed by atoms with Crippen LogP contribution in [0.15, 0.2) is 36.4 Å². The number of non-ortho nitro benzene ring substituents is 1. The smallest absolute Gasteiger partial charge is 0.271 e. The molecule has 0 radical (unpaired) electrons. The number of methoxy groups -OCH3 is 2. The second-order valence-corrected chi connectivity index (χ2v) is 7.24. The van der Waals surface area contributed by atoms with E-state index in [4.69, 9.17) is 14.6 Å². The largest absolute Gasteiger partial charge is 0.496 e. The normalized spacial score (nSPS) is 13.2. The second kappa shape index (κ2) is 8.06. The summed E-state index contributed by atoms with van der Waals surface area (Å²) in [5, 5.41) is 19.8. The molecule has 30 heavy (non-hydrogen) atoms. The molecule has 1 aliphatic rings. The van der Waals surface area contributed by atoms with Gasteiger partial charge in [0.05, 0.1) is 30.4 Å². The highest BCUT2D eigenvalue weighted by atomic mass is 16.6. The van der Waals surface area contributed by atoms with Crippen molar-refractivity contribution < 1.29 is 14.4 Å². The van der Waals surface area contributed by atoms with Gasteiger partial charge < -0.3 is 14.8 Å². The van der Waals surface area contributed by atoms with Crippen molar-refractivity contribution in [1.29, 1.82) is 0 Å². The first-order chi connectivity index (χ1) is 14.5. The van der Waals surface area contributed by atoms with Crippen molar-refractivity contribution in [1.82, 2.24) is 9.78 Å². The van der Waals surface area contributed by atoms with Gasteiger partial charge in [0.25, 0.3) is 5.69 Å². The molecule has 0 saturated heterocycles. The molecule has 4 rings (SSSR count). The number of ether oxygens (including phenoxy) is 2. The number of anilines is 1. The number of nitrogens with one attached hydrogen (secondary N) is 1. The van der Waals surface area contributed by atoms with Crippen LogP contribution in [0.3, 0.4) is 0 Å². The SMILES string of the molecule is COc1cccc(OC)c1-c1nn(-c2cc([N+](=O)[O-])ccc2C)c2c1CCCCN2. The lowest BCUT2D eigenvalue weighted by atomic mass is 10.0. The zero-order chi connectivity index (χ0) is 21.3. The fourth-order valence-corrected chi connectivity index (χ4v) is 3.90. The molecule has 0 spiro atoms. The molecule has 1 aromatic heterocycles. The number of fused-ring (bicyclic) bond motifs is 1. The number of nitro groups is 1. The summed E-state index contributed by atoms with van der Waals surface area (Å²) in [4.78, 5) is 11.0. The van der Waals surface area contributed by atoms with Crippen molar-refractivity contribution in [2.75, 3.05) is 26.1 Å². The minimum Gasteiger partial charge on any atom is -0.496 e. The third kappa shape index (κ3) is 3.34. The summed E-state index contributed by atoms with van der Waals surface area (Å²) in [5.41, 5.74) is 4.21. The van der Waals surface area contributed by atoms with Crippen LogP contribution in [0, 0.1) is 17.0 Å². The Labute approximate surface area is 174 Å². The van der Waals surface area contributed by atoms with Crippen LogP contribution < -0.4 is 14.8 Å². The Hall–Kier alpha value is -3.55. The highest BCUT2D eigenvalue weighted by molar-refractivity contribution is 5.80. The van der Waals surface area contributed by atoms with Gasteiger partial charge in [-0.05, 0) is 43.9 Å². The Morgan fingerprint density at radius 3 is 2.53 bits per heavy atom. The fourth-order valence-electron chi connectivity index (χ4n) is 3.90. The van der Waals surface area contributed by atoms with Crippen molar-refractivity contribution in [3.63, 3.8) is 0 Å². The van der Waals surface area contributed by atoms with E-state index in [1.165, 1.54) is 6.07 Å². The van der Waals surface area contributed by atoms with E-state index in [-0.39, 0.29) is 10.6 Å². The van der Waals surface area contributed by atoms with Crippen molar-refractivity contribution in [3.8, 4) is 28.4 Å². The van der Waals surface area contributed by atoms with Crippen LogP contribution in [0.25, 0.3) is 16.9 Å². The van der Waals surface area contributed by atoms with Crippen LogP contribution in [0.4, 0.5) is 11.5 Å². The zero-order valence-corrected chi connectivity index (χ0v) is 17.3. The Bertz CT molecular complexity index is 1080. The molecular weight excluding hydrogens is 384 g/mol. The van der Waals surface area contributed by atoms with Crippen LogP contribution in [0.1, 0.15) is 24.0 Å². The van der Waals surface area contributed by atoms with Crippen molar-refractivity contribution >= 4 is 11.5 Å². The minimum absolute atomic E-state index is 0.0323. The van der Waals surface area contributed by atoms with E-state index in [0.29, 0.717) is 17.2 Å². The topological polar surface area (TPSA) is 91.5 Å². The number of hydrogen-bond acceptors (Lipinski definition) is 6. The van der Waals surface area contributed by atoms with Gasteiger partial charge in [0.1, 0.15) is 23.0 Å². The first-order valence-corrected chi connectivity index (χ1v) is 9.87. The van der Waals surface area contributed by atoms with Gasteiger partial charge in [0.15, 0.2) is 0 Å². The third-order valence-corrected chi connectivity index (χ3v) is 5.43. The number of hydrogen-bond donors (Lipinski definition) is 1. The second-order valence-electron chi connectivity index (χ2n) is 7.24. The molecule has 0 atom stereocenters. The Morgan fingerprint density at radius 2 is 1.87 bits per heavy atom. The van der Waals surface area contributed by atoms with Gasteiger partial charge in [-0.1, -0.05) is 12.1 Å². The molecule has 0 bridgehead atoms. The molecule has 0 unspecified atom stereocenters. The lowest BCUT2D eigenvalue weighted by Crippen LogP contribution is -2.08. The molecule has 0 amide bonds. The highest BCUT2D eigenvalue weighted by Gasteiger charge is 2.27. The molecule has 0 saturated carbocycles. The molecule has 0 fully saturated rings. The molecular formula is C22H24N4O4. The number of rotatable bonds is 5. The summed E-state index contributed by atoms with van der Waals surface area (Å²) in [6.07, 6.45) is 2.89. The first-order valence-electron chi connectivity index (χ1n) is 9.87. The molecule has 0 aliphatic carbocycles.